The lowest BCUT2D eigenvalue weighted by Crippen LogP contribution is -2.32. The molecule has 5 rings (SSSR count). The fraction of sp³-hybridized carbons (Fsp3) is 0.343. The van der Waals surface area contributed by atoms with Crippen molar-refractivity contribution in [2.24, 2.45) is 0 Å². The molecule has 0 aliphatic carbocycles. The Hall–Kier alpha value is -3.93. The summed E-state index contributed by atoms with van der Waals surface area (Å²) in [4.78, 5) is 28.8. The number of carbonyl (C=O) groups is 2. The van der Waals surface area contributed by atoms with Gasteiger partial charge in [-0.1, -0.05) is 84.6 Å². The van der Waals surface area contributed by atoms with Crippen LogP contribution >= 0.6 is 23.2 Å². The van der Waals surface area contributed by atoms with Crippen molar-refractivity contribution in [3.8, 4) is 0 Å². The quantitative estimate of drug-likeness (QED) is 0.0802. The molecule has 2 amide bonds. The van der Waals surface area contributed by atoms with Gasteiger partial charge < -0.3 is 35.5 Å². The van der Waals surface area contributed by atoms with Gasteiger partial charge in [-0.2, -0.15) is 0 Å². The first-order valence-corrected chi connectivity index (χ1v) is 16.5. The molecule has 12 heteroatoms. The summed E-state index contributed by atoms with van der Waals surface area (Å²) >= 11 is 12.4. The van der Waals surface area contributed by atoms with Gasteiger partial charge in [-0.3, -0.25) is 9.59 Å². The third kappa shape index (κ3) is 9.79. The van der Waals surface area contributed by atoms with E-state index in [0.717, 1.165) is 42.4 Å². The highest BCUT2D eigenvalue weighted by atomic mass is 35.5. The number of aliphatic hydroxyl groups is 1. The van der Waals surface area contributed by atoms with Crippen LogP contribution in [-0.2, 0) is 32.2 Å². The van der Waals surface area contributed by atoms with Gasteiger partial charge in [0.15, 0.2) is 11.4 Å². The van der Waals surface area contributed by atoms with Crippen molar-refractivity contribution in [2.75, 3.05) is 16.4 Å². The van der Waals surface area contributed by atoms with Crippen LogP contribution in [0.2, 0.25) is 10.3 Å². The Morgan fingerprint density at radius 3 is 2.17 bits per heavy atom. The number of nitrogen functional groups attached to an aromatic ring is 1. The van der Waals surface area contributed by atoms with Gasteiger partial charge >= 0.3 is 0 Å². The van der Waals surface area contributed by atoms with E-state index in [1.54, 1.807) is 23.0 Å². The minimum Gasteiger partial charge on any atom is -0.397 e. The Morgan fingerprint density at radius 2 is 1.53 bits per heavy atom. The lowest BCUT2D eigenvalue weighted by molar-refractivity contribution is -0.252. The number of aliphatic hydroxyl groups excluding tert-OH is 1. The molecule has 4 aromatic rings. The van der Waals surface area contributed by atoms with Crippen molar-refractivity contribution in [3.05, 3.63) is 106 Å². The first-order chi connectivity index (χ1) is 22.8. The number of carbonyl (C=O) groups excluding carboxylic acids is 2. The van der Waals surface area contributed by atoms with Crippen LogP contribution in [0.5, 0.6) is 0 Å². The van der Waals surface area contributed by atoms with E-state index in [0.29, 0.717) is 48.0 Å². The minimum absolute atomic E-state index is 0.0326. The van der Waals surface area contributed by atoms with Crippen molar-refractivity contribution in [1.82, 2.24) is 9.55 Å². The van der Waals surface area contributed by atoms with Crippen LogP contribution in [0.3, 0.4) is 0 Å². The van der Waals surface area contributed by atoms with Crippen molar-refractivity contribution in [1.29, 1.82) is 0 Å². The molecule has 1 aliphatic heterocycles. The molecule has 10 nitrogen and oxygen atoms in total. The van der Waals surface area contributed by atoms with E-state index in [-0.39, 0.29) is 35.8 Å². The van der Waals surface area contributed by atoms with E-state index in [2.05, 4.69) is 15.6 Å². The van der Waals surface area contributed by atoms with Crippen LogP contribution in [0.1, 0.15) is 74.0 Å². The van der Waals surface area contributed by atoms with E-state index in [4.69, 9.17) is 38.4 Å². The number of halogens is 2. The van der Waals surface area contributed by atoms with Crippen molar-refractivity contribution < 1.29 is 24.2 Å². The molecule has 1 saturated heterocycles. The smallest absolute Gasteiger partial charge is 0.224 e. The van der Waals surface area contributed by atoms with E-state index in [9.17, 15) is 14.7 Å². The summed E-state index contributed by atoms with van der Waals surface area (Å²) in [6, 6.07) is 22.3. The first-order valence-electron chi connectivity index (χ1n) is 15.7. The first kappa shape index (κ1) is 34.4. The average Bonchev–Trinajstić information content (AvgIpc) is 3.39. The molecule has 1 aliphatic rings. The van der Waals surface area contributed by atoms with Gasteiger partial charge in [0.05, 0.1) is 43.1 Å². The molecule has 0 unspecified atom stereocenters. The molecule has 0 radical (unpaired) electrons. The molecule has 3 atom stereocenters. The number of nitrogens with two attached hydrogens (primary N) is 1. The zero-order valence-electron chi connectivity index (χ0n) is 25.9. The van der Waals surface area contributed by atoms with E-state index in [1.807, 2.05) is 60.7 Å². The summed E-state index contributed by atoms with van der Waals surface area (Å²) in [5.74, 6) is -0.133. The molecule has 0 saturated carbocycles. The number of rotatable bonds is 14. The van der Waals surface area contributed by atoms with E-state index in [1.165, 1.54) is 0 Å². The molecular weight excluding hydrogens is 641 g/mol. The topological polar surface area (TPSA) is 141 Å². The SMILES string of the molecule is Nc1ccccc1NC(=O)CCCCCCC(=O)Nc1ccc([C@H]2O[C@@H](Cn3cnc(Cl)c3Cl)C[C@@H](c3ccc(CO)cc3)O2)cc1. The third-order valence-corrected chi connectivity index (χ3v) is 8.78. The number of benzene rings is 3. The number of unbranched alkanes of at least 4 members (excludes halogenated alkanes) is 3. The van der Waals surface area contributed by atoms with Crippen LogP contribution in [0.15, 0.2) is 79.1 Å². The van der Waals surface area contributed by atoms with Crippen molar-refractivity contribution >= 4 is 52.1 Å². The van der Waals surface area contributed by atoms with Gasteiger partial charge in [-0.15, -0.1) is 0 Å². The van der Waals surface area contributed by atoms with Crippen LogP contribution in [0.25, 0.3) is 0 Å². The minimum atomic E-state index is -0.661. The van der Waals surface area contributed by atoms with Crippen molar-refractivity contribution in [2.45, 2.75) is 76.6 Å². The number of nitrogens with zero attached hydrogens (tertiary/aromatic N) is 2. The molecule has 1 aromatic heterocycles. The molecule has 47 heavy (non-hydrogen) atoms. The number of aromatic nitrogens is 2. The molecule has 3 aromatic carbocycles. The van der Waals surface area contributed by atoms with Crippen LogP contribution in [-0.4, -0.2) is 32.6 Å². The summed E-state index contributed by atoms with van der Waals surface area (Å²) in [7, 11) is 0. The molecule has 0 spiro atoms. The highest BCUT2D eigenvalue weighted by Gasteiger charge is 2.33. The normalized spacial score (nSPS) is 17.7. The predicted molar refractivity (Wildman–Crippen MR) is 183 cm³/mol. The second-order valence-electron chi connectivity index (χ2n) is 11.5. The molecular formula is C35H39Cl2N5O5. The molecule has 1 fully saturated rings. The summed E-state index contributed by atoms with van der Waals surface area (Å²) in [6.07, 6.45) is 4.96. The van der Waals surface area contributed by atoms with Gasteiger partial charge in [0.1, 0.15) is 5.15 Å². The number of nitrogens with one attached hydrogen (secondary N) is 2. The second kappa shape index (κ2) is 16.8. The lowest BCUT2D eigenvalue weighted by atomic mass is 10.00. The predicted octanol–water partition coefficient (Wildman–Crippen LogP) is 7.43. The number of amides is 2. The highest BCUT2D eigenvalue weighted by Crippen LogP contribution is 2.39. The summed E-state index contributed by atoms with van der Waals surface area (Å²) in [5, 5.41) is 15.8. The monoisotopic (exact) mass is 679 g/mol. The van der Waals surface area contributed by atoms with Gasteiger partial charge in [-0.05, 0) is 48.2 Å². The van der Waals surface area contributed by atoms with Gasteiger partial charge in [0.25, 0.3) is 0 Å². The zero-order chi connectivity index (χ0) is 33.2. The molecule has 0 bridgehead atoms. The van der Waals surface area contributed by atoms with Gasteiger partial charge in [-0.25, -0.2) is 4.98 Å². The van der Waals surface area contributed by atoms with Crippen LogP contribution in [0, 0.1) is 0 Å². The Kier molecular flexibility index (Phi) is 12.3. The Balaban J connectivity index is 1.10. The molecule has 248 valence electrons. The molecule has 2 heterocycles. The standard InChI is InChI=1S/C35H39Cl2N5O5/c36-33-34(37)42(22-39-33)20-27-19-30(24-13-11-23(21-43)12-14-24)47-35(46-27)25-15-17-26(18-16-25)40-31(44)9-3-1-2-4-10-32(45)41-29-8-6-5-7-28(29)38/h5-8,11-18,22,27,30,35,43H,1-4,9-10,19-21,38H2,(H,40,44)(H,41,45)/t27-,30+,35+/m1/s1. The second-order valence-corrected chi connectivity index (χ2v) is 12.3. The number of hydrogen-bond acceptors (Lipinski definition) is 7. The van der Waals surface area contributed by atoms with E-state index < -0.39 is 6.29 Å². The zero-order valence-corrected chi connectivity index (χ0v) is 27.4. The number of anilines is 3. The Bertz CT molecular complexity index is 1630. The van der Waals surface area contributed by atoms with Crippen LogP contribution < -0.4 is 16.4 Å². The average molecular weight is 681 g/mol. The van der Waals surface area contributed by atoms with Gasteiger partial charge in [0.2, 0.25) is 11.8 Å². The lowest BCUT2D eigenvalue weighted by Gasteiger charge is -2.36. The number of hydrogen-bond donors (Lipinski definition) is 4. The summed E-state index contributed by atoms with van der Waals surface area (Å²) in [5.41, 5.74) is 10.3. The maximum atomic E-state index is 12.6. The van der Waals surface area contributed by atoms with E-state index >= 15 is 0 Å². The van der Waals surface area contributed by atoms with Crippen LogP contribution in [0.4, 0.5) is 17.1 Å². The number of imidazole rings is 1. The fourth-order valence-corrected chi connectivity index (χ4v) is 5.73. The maximum absolute atomic E-state index is 12.6. The largest absolute Gasteiger partial charge is 0.397 e. The van der Waals surface area contributed by atoms with Crippen molar-refractivity contribution in [3.63, 3.8) is 0 Å². The number of ether oxygens (including phenoxy) is 2. The third-order valence-electron chi connectivity index (χ3n) is 8.01. The Morgan fingerprint density at radius 1 is 0.872 bits per heavy atom. The Labute approximate surface area is 284 Å². The summed E-state index contributed by atoms with van der Waals surface area (Å²) in [6.45, 7) is 0.406. The maximum Gasteiger partial charge on any atom is 0.224 e. The highest BCUT2D eigenvalue weighted by molar-refractivity contribution is 6.40. The fourth-order valence-electron chi connectivity index (χ4n) is 5.42. The number of para-hydroxylation sites is 2. The summed E-state index contributed by atoms with van der Waals surface area (Å²) < 4.78 is 14.5. The molecule has 5 N–H and O–H groups in total. The van der Waals surface area contributed by atoms with Gasteiger partial charge in [0, 0.05) is 30.5 Å².